The lowest BCUT2D eigenvalue weighted by molar-refractivity contribution is -0.917. The molecule has 0 atom stereocenters. The number of carbonyl (C=O) groups is 1. The molecule has 2 aromatic rings. The van der Waals surface area contributed by atoms with Crippen molar-refractivity contribution in [3.05, 3.63) is 69.8 Å². The van der Waals surface area contributed by atoms with Crippen LogP contribution in [0.2, 0.25) is 0 Å². The van der Waals surface area contributed by atoms with Crippen LogP contribution in [0.25, 0.3) is 0 Å². The normalized spacial score (nSPS) is 15.2. The smallest absolute Gasteiger partial charge is 0.305 e. The first-order chi connectivity index (χ1) is 12.0. The Kier molecular flexibility index (Phi) is 4.99. The highest BCUT2D eigenvalue weighted by molar-refractivity contribution is 5.94. The fraction of sp³-hybridized carbons (Fsp3) is 0.294. The molecule has 3 rings (SSSR count). The van der Waals surface area contributed by atoms with Crippen LogP contribution >= 0.6 is 0 Å². The van der Waals surface area contributed by atoms with Gasteiger partial charge in [-0.2, -0.15) is 4.39 Å². The molecule has 2 heterocycles. The summed E-state index contributed by atoms with van der Waals surface area (Å²) in [6.07, 6.45) is 3.52. The van der Waals surface area contributed by atoms with Gasteiger partial charge in [-0.1, -0.05) is 0 Å². The number of halogens is 1. The van der Waals surface area contributed by atoms with Gasteiger partial charge in [-0.15, -0.1) is 0 Å². The van der Waals surface area contributed by atoms with Crippen molar-refractivity contribution < 1.29 is 19.0 Å². The molecule has 1 aliphatic heterocycles. The molecule has 25 heavy (non-hydrogen) atoms. The number of aromatic nitrogens is 1. The first kappa shape index (κ1) is 17.0. The Labute approximate surface area is 143 Å². The highest BCUT2D eigenvalue weighted by atomic mass is 19.1. The van der Waals surface area contributed by atoms with Gasteiger partial charge in [-0.25, -0.2) is 0 Å². The minimum absolute atomic E-state index is 0.144. The lowest BCUT2D eigenvalue weighted by Gasteiger charge is -2.32. The Morgan fingerprint density at radius 2 is 1.92 bits per heavy atom. The standard InChI is InChI=1S/C17H17FN4O3/c18-15-2-1-14(11-16(15)22(24)25)17(23)21-9-7-20(8-10-21)12-13-3-5-19-6-4-13/h1-6,11H,7-10,12H2/p+1. The number of nitrogens with one attached hydrogen (secondary N) is 1. The zero-order valence-corrected chi connectivity index (χ0v) is 13.5. The highest BCUT2D eigenvalue weighted by Gasteiger charge is 2.26. The summed E-state index contributed by atoms with van der Waals surface area (Å²) in [6.45, 7) is 3.57. The Balaban J connectivity index is 1.62. The van der Waals surface area contributed by atoms with Gasteiger partial charge in [0.1, 0.15) is 6.54 Å². The molecule has 1 aliphatic rings. The van der Waals surface area contributed by atoms with E-state index in [0.29, 0.717) is 13.1 Å². The molecule has 0 unspecified atom stereocenters. The summed E-state index contributed by atoms with van der Waals surface area (Å²) < 4.78 is 13.4. The number of quaternary nitrogens is 1. The Hall–Kier alpha value is -2.87. The number of pyridine rings is 1. The van der Waals surface area contributed by atoms with Crippen molar-refractivity contribution in [3.63, 3.8) is 0 Å². The van der Waals surface area contributed by atoms with Crippen molar-refractivity contribution in [1.82, 2.24) is 9.88 Å². The third-order valence-electron chi connectivity index (χ3n) is 4.35. The number of hydrogen-bond acceptors (Lipinski definition) is 4. The van der Waals surface area contributed by atoms with Gasteiger partial charge in [0.05, 0.1) is 31.1 Å². The third-order valence-corrected chi connectivity index (χ3v) is 4.35. The molecule has 0 radical (unpaired) electrons. The molecule has 0 saturated carbocycles. The predicted octanol–water partition coefficient (Wildman–Crippen LogP) is 0.670. The van der Waals surface area contributed by atoms with E-state index in [1.54, 1.807) is 17.3 Å². The molecule has 0 aliphatic carbocycles. The minimum Gasteiger partial charge on any atom is -0.328 e. The van der Waals surface area contributed by atoms with E-state index in [9.17, 15) is 19.3 Å². The summed E-state index contributed by atoms with van der Waals surface area (Å²) >= 11 is 0. The van der Waals surface area contributed by atoms with Gasteiger partial charge in [0.25, 0.3) is 5.91 Å². The van der Waals surface area contributed by atoms with Gasteiger partial charge >= 0.3 is 5.69 Å². The first-order valence-electron chi connectivity index (χ1n) is 8.00. The number of hydrogen-bond donors (Lipinski definition) is 1. The van der Waals surface area contributed by atoms with Crippen LogP contribution in [-0.2, 0) is 6.54 Å². The Morgan fingerprint density at radius 3 is 2.56 bits per heavy atom. The monoisotopic (exact) mass is 345 g/mol. The lowest BCUT2D eigenvalue weighted by Crippen LogP contribution is -3.13. The van der Waals surface area contributed by atoms with Gasteiger partial charge in [0, 0.05) is 29.6 Å². The van der Waals surface area contributed by atoms with E-state index in [2.05, 4.69) is 4.98 Å². The zero-order valence-electron chi connectivity index (χ0n) is 13.5. The summed E-state index contributed by atoms with van der Waals surface area (Å²) in [6, 6.07) is 7.22. The van der Waals surface area contributed by atoms with E-state index in [0.717, 1.165) is 31.8 Å². The van der Waals surface area contributed by atoms with Crippen LogP contribution in [0, 0.1) is 15.9 Å². The quantitative estimate of drug-likeness (QED) is 0.652. The molecule has 1 aromatic carbocycles. The zero-order chi connectivity index (χ0) is 17.8. The van der Waals surface area contributed by atoms with Crippen LogP contribution < -0.4 is 4.90 Å². The average Bonchev–Trinajstić information content (AvgIpc) is 2.63. The lowest BCUT2D eigenvalue weighted by atomic mass is 10.1. The maximum absolute atomic E-state index is 13.4. The van der Waals surface area contributed by atoms with Crippen molar-refractivity contribution >= 4 is 11.6 Å². The summed E-state index contributed by atoms with van der Waals surface area (Å²) in [7, 11) is 0. The van der Waals surface area contributed by atoms with Crippen LogP contribution in [0.1, 0.15) is 15.9 Å². The van der Waals surface area contributed by atoms with Gasteiger partial charge in [0.2, 0.25) is 5.82 Å². The van der Waals surface area contributed by atoms with E-state index >= 15 is 0 Å². The van der Waals surface area contributed by atoms with Gasteiger partial charge in [-0.05, 0) is 24.3 Å². The molecule has 0 spiro atoms. The van der Waals surface area contributed by atoms with E-state index in [-0.39, 0.29) is 11.5 Å². The van der Waals surface area contributed by atoms with Crippen LogP contribution in [0.4, 0.5) is 10.1 Å². The number of carbonyl (C=O) groups excluding carboxylic acids is 1. The molecular weight excluding hydrogens is 327 g/mol. The Morgan fingerprint density at radius 1 is 1.24 bits per heavy atom. The van der Waals surface area contributed by atoms with Gasteiger partial charge in [0.15, 0.2) is 0 Å². The number of nitro benzene ring substituents is 1. The van der Waals surface area contributed by atoms with E-state index < -0.39 is 16.4 Å². The molecule has 1 fully saturated rings. The third kappa shape index (κ3) is 3.97. The Bertz CT molecular complexity index is 777. The molecule has 0 bridgehead atoms. The molecule has 1 N–H and O–H groups in total. The highest BCUT2D eigenvalue weighted by Crippen LogP contribution is 2.19. The number of nitro groups is 1. The largest absolute Gasteiger partial charge is 0.328 e. The SMILES string of the molecule is O=C(c1ccc(F)c([N+](=O)[O-])c1)N1CC[NH+](Cc2ccncc2)CC1. The van der Waals surface area contributed by atoms with Gasteiger partial charge < -0.3 is 9.80 Å². The second kappa shape index (κ2) is 7.35. The number of amides is 1. The summed E-state index contributed by atoms with van der Waals surface area (Å²) in [5.41, 5.74) is 0.664. The van der Waals surface area contributed by atoms with E-state index in [1.807, 2.05) is 12.1 Å². The second-order valence-corrected chi connectivity index (χ2v) is 6.00. The number of nitrogens with zero attached hydrogens (tertiary/aromatic N) is 3. The number of benzene rings is 1. The van der Waals surface area contributed by atoms with Crippen LogP contribution in [0.15, 0.2) is 42.7 Å². The summed E-state index contributed by atoms with van der Waals surface area (Å²) in [5, 5.41) is 10.8. The molecule has 1 saturated heterocycles. The molecular formula is C17H18FN4O3+. The van der Waals surface area contributed by atoms with Crippen molar-refractivity contribution in [2.24, 2.45) is 0 Å². The van der Waals surface area contributed by atoms with E-state index in [4.69, 9.17) is 0 Å². The fourth-order valence-corrected chi connectivity index (χ4v) is 2.96. The average molecular weight is 345 g/mol. The van der Waals surface area contributed by atoms with Crippen LogP contribution in [0.3, 0.4) is 0 Å². The maximum atomic E-state index is 13.4. The minimum atomic E-state index is -0.937. The fourth-order valence-electron chi connectivity index (χ4n) is 2.96. The number of rotatable bonds is 4. The van der Waals surface area contributed by atoms with Crippen molar-refractivity contribution in [2.75, 3.05) is 26.2 Å². The van der Waals surface area contributed by atoms with Crippen LogP contribution in [0.5, 0.6) is 0 Å². The van der Waals surface area contributed by atoms with E-state index in [1.165, 1.54) is 16.5 Å². The maximum Gasteiger partial charge on any atom is 0.305 e. The number of piperazine rings is 1. The van der Waals surface area contributed by atoms with Crippen molar-refractivity contribution in [1.29, 1.82) is 0 Å². The molecule has 1 aromatic heterocycles. The van der Waals surface area contributed by atoms with Crippen molar-refractivity contribution in [2.45, 2.75) is 6.54 Å². The predicted molar refractivity (Wildman–Crippen MR) is 87.6 cm³/mol. The van der Waals surface area contributed by atoms with Gasteiger partial charge in [-0.3, -0.25) is 19.9 Å². The molecule has 7 nitrogen and oxygen atoms in total. The molecule has 1 amide bonds. The topological polar surface area (TPSA) is 80.8 Å². The first-order valence-corrected chi connectivity index (χ1v) is 8.00. The summed E-state index contributed by atoms with van der Waals surface area (Å²) in [5.74, 6) is -1.24. The van der Waals surface area contributed by atoms with Crippen molar-refractivity contribution in [3.8, 4) is 0 Å². The molecule has 8 heteroatoms. The summed E-state index contributed by atoms with van der Waals surface area (Å²) in [4.78, 5) is 29.5. The second-order valence-electron chi connectivity index (χ2n) is 6.00. The molecule has 130 valence electrons. The van der Waals surface area contributed by atoms with Crippen LogP contribution in [-0.4, -0.2) is 46.9 Å².